The van der Waals surface area contributed by atoms with Gasteiger partial charge < -0.3 is 15.4 Å². The Kier molecular flexibility index (Phi) is 5.14. The Bertz CT molecular complexity index is 491. The molecule has 0 aromatic heterocycles. The number of hydrogen-bond donors (Lipinski definition) is 1. The van der Waals surface area contributed by atoms with Crippen LogP contribution in [0.4, 0.5) is 10.1 Å². The van der Waals surface area contributed by atoms with E-state index < -0.39 is 11.8 Å². The minimum absolute atomic E-state index is 0.161. The number of likely N-dealkylation sites (N-methyl/N-ethyl adjacent to an activating group) is 1. The minimum atomic E-state index is -0.533. The molecule has 0 atom stereocenters. The maximum atomic E-state index is 13.5. The summed E-state index contributed by atoms with van der Waals surface area (Å²) in [7, 11) is 2.09. The normalized spacial score (nSPS) is 16.9. The van der Waals surface area contributed by atoms with Gasteiger partial charge in [0.25, 0.3) is 0 Å². The molecule has 1 aromatic rings. The molecule has 1 saturated heterocycles. The Balaban J connectivity index is 1.82. The molecule has 1 aliphatic rings. The van der Waals surface area contributed by atoms with E-state index in [0.29, 0.717) is 18.7 Å². The smallest absolute Gasteiger partial charge is 0.338 e. The molecule has 1 heterocycles. The first-order chi connectivity index (χ1) is 9.97. The summed E-state index contributed by atoms with van der Waals surface area (Å²) in [6.07, 6.45) is 0. The van der Waals surface area contributed by atoms with Crippen LogP contribution in [-0.2, 0) is 4.74 Å². The monoisotopic (exact) mass is 295 g/mol. The van der Waals surface area contributed by atoms with Crippen LogP contribution in [0.1, 0.15) is 15.9 Å². The van der Waals surface area contributed by atoms with Crippen LogP contribution in [0.5, 0.6) is 0 Å². The summed E-state index contributed by atoms with van der Waals surface area (Å²) >= 11 is 0. The van der Waals surface area contributed by atoms with Gasteiger partial charge in [0.05, 0.1) is 5.56 Å². The fraction of sp³-hybridized carbons (Fsp3) is 0.533. The molecule has 6 heteroatoms. The van der Waals surface area contributed by atoms with Gasteiger partial charge >= 0.3 is 5.97 Å². The molecule has 0 saturated carbocycles. The summed E-state index contributed by atoms with van der Waals surface area (Å²) in [5.41, 5.74) is 6.43. The second kappa shape index (κ2) is 6.87. The molecule has 0 unspecified atom stereocenters. The van der Waals surface area contributed by atoms with E-state index in [1.54, 1.807) is 6.92 Å². The van der Waals surface area contributed by atoms with Crippen molar-refractivity contribution in [2.24, 2.45) is 0 Å². The van der Waals surface area contributed by atoms with Crippen molar-refractivity contribution in [3.05, 3.63) is 29.1 Å². The summed E-state index contributed by atoms with van der Waals surface area (Å²) < 4.78 is 18.7. The maximum Gasteiger partial charge on any atom is 0.338 e. The molecule has 0 radical (unpaired) electrons. The van der Waals surface area contributed by atoms with Gasteiger partial charge in [-0.05, 0) is 26.1 Å². The first-order valence-electron chi connectivity index (χ1n) is 7.11. The van der Waals surface area contributed by atoms with Crippen LogP contribution in [0.25, 0.3) is 0 Å². The van der Waals surface area contributed by atoms with Gasteiger partial charge in [0, 0.05) is 44.0 Å². The highest BCUT2D eigenvalue weighted by atomic mass is 19.1. The molecule has 116 valence electrons. The molecule has 0 amide bonds. The Morgan fingerprint density at radius 2 is 2.00 bits per heavy atom. The zero-order valence-corrected chi connectivity index (χ0v) is 12.6. The Morgan fingerprint density at radius 1 is 1.33 bits per heavy atom. The van der Waals surface area contributed by atoms with Crippen molar-refractivity contribution in [3.8, 4) is 0 Å². The van der Waals surface area contributed by atoms with E-state index in [1.807, 2.05) is 0 Å². The van der Waals surface area contributed by atoms with Crippen LogP contribution >= 0.6 is 0 Å². The lowest BCUT2D eigenvalue weighted by Gasteiger charge is -2.32. The van der Waals surface area contributed by atoms with Crippen LogP contribution in [0.3, 0.4) is 0 Å². The minimum Gasteiger partial charge on any atom is -0.461 e. The Morgan fingerprint density at radius 3 is 2.62 bits per heavy atom. The molecule has 1 aromatic carbocycles. The van der Waals surface area contributed by atoms with E-state index in [9.17, 15) is 9.18 Å². The van der Waals surface area contributed by atoms with Gasteiger partial charge in [0.2, 0.25) is 0 Å². The number of halogens is 1. The lowest BCUT2D eigenvalue weighted by molar-refractivity contribution is 0.0432. The molecular formula is C15H22FN3O2. The molecule has 2 N–H and O–H groups in total. The van der Waals surface area contributed by atoms with E-state index in [4.69, 9.17) is 10.5 Å². The van der Waals surface area contributed by atoms with Gasteiger partial charge in [-0.25, -0.2) is 9.18 Å². The maximum absolute atomic E-state index is 13.5. The molecule has 1 aliphatic heterocycles. The Labute approximate surface area is 124 Å². The van der Waals surface area contributed by atoms with E-state index in [1.165, 1.54) is 12.1 Å². The van der Waals surface area contributed by atoms with E-state index in [2.05, 4.69) is 16.8 Å². The number of benzene rings is 1. The summed E-state index contributed by atoms with van der Waals surface area (Å²) in [5.74, 6) is -1.02. The molecule has 21 heavy (non-hydrogen) atoms. The van der Waals surface area contributed by atoms with Crippen molar-refractivity contribution in [3.63, 3.8) is 0 Å². The zero-order valence-electron chi connectivity index (χ0n) is 12.6. The molecule has 0 bridgehead atoms. The number of piperazine rings is 1. The highest BCUT2D eigenvalue weighted by molar-refractivity contribution is 5.90. The fourth-order valence-electron chi connectivity index (χ4n) is 2.24. The number of rotatable bonds is 4. The molecule has 0 aliphatic carbocycles. The van der Waals surface area contributed by atoms with Gasteiger partial charge in [-0.3, -0.25) is 4.90 Å². The number of nitrogens with two attached hydrogens (primary N) is 1. The summed E-state index contributed by atoms with van der Waals surface area (Å²) in [6, 6.07) is 2.63. The number of nitrogen functional groups attached to an aromatic ring is 1. The largest absolute Gasteiger partial charge is 0.461 e. The average Bonchev–Trinajstić information content (AvgIpc) is 2.46. The summed E-state index contributed by atoms with van der Waals surface area (Å²) in [5, 5.41) is 0. The standard InChI is InChI=1S/C15H22FN3O2/c1-11-13(16)9-12(10-14(11)17)15(20)21-8-7-19-5-3-18(2)4-6-19/h9-10H,3-8,17H2,1-2H3. The van der Waals surface area contributed by atoms with Crippen LogP contribution in [0, 0.1) is 12.7 Å². The highest BCUT2D eigenvalue weighted by Gasteiger charge is 2.15. The fourth-order valence-corrected chi connectivity index (χ4v) is 2.24. The predicted molar refractivity (Wildman–Crippen MR) is 79.8 cm³/mol. The number of nitrogens with zero attached hydrogens (tertiary/aromatic N) is 2. The zero-order chi connectivity index (χ0) is 15.4. The van der Waals surface area contributed by atoms with Gasteiger partial charge in [0.15, 0.2) is 0 Å². The van der Waals surface area contributed by atoms with Crippen molar-refractivity contribution in [2.75, 3.05) is 52.1 Å². The average molecular weight is 295 g/mol. The van der Waals surface area contributed by atoms with Crippen LogP contribution in [0.15, 0.2) is 12.1 Å². The Hall–Kier alpha value is -1.66. The van der Waals surface area contributed by atoms with Crippen molar-refractivity contribution >= 4 is 11.7 Å². The first-order valence-corrected chi connectivity index (χ1v) is 7.11. The van der Waals surface area contributed by atoms with Crippen molar-refractivity contribution < 1.29 is 13.9 Å². The van der Waals surface area contributed by atoms with E-state index >= 15 is 0 Å². The summed E-state index contributed by atoms with van der Waals surface area (Å²) in [4.78, 5) is 16.4. The van der Waals surface area contributed by atoms with E-state index in [0.717, 1.165) is 26.2 Å². The predicted octanol–water partition coefficient (Wildman–Crippen LogP) is 1.12. The van der Waals surface area contributed by atoms with Crippen molar-refractivity contribution in [1.29, 1.82) is 0 Å². The number of carbonyl (C=O) groups is 1. The number of anilines is 1. The number of esters is 1. The van der Waals surface area contributed by atoms with Gasteiger partial charge in [-0.2, -0.15) is 0 Å². The molecule has 2 rings (SSSR count). The summed E-state index contributed by atoms with van der Waals surface area (Å²) in [6.45, 7) is 6.57. The third-order valence-electron chi connectivity index (χ3n) is 3.86. The van der Waals surface area contributed by atoms with Crippen molar-refractivity contribution in [1.82, 2.24) is 9.80 Å². The lowest BCUT2D eigenvalue weighted by atomic mass is 10.1. The number of hydrogen-bond acceptors (Lipinski definition) is 5. The molecule has 0 spiro atoms. The van der Waals surface area contributed by atoms with Gasteiger partial charge in [-0.15, -0.1) is 0 Å². The second-order valence-electron chi connectivity index (χ2n) is 5.45. The topological polar surface area (TPSA) is 58.8 Å². The number of ether oxygens (including phenoxy) is 1. The second-order valence-corrected chi connectivity index (χ2v) is 5.45. The molecule has 5 nitrogen and oxygen atoms in total. The first kappa shape index (κ1) is 15.7. The quantitative estimate of drug-likeness (QED) is 0.666. The van der Waals surface area contributed by atoms with E-state index in [-0.39, 0.29) is 11.3 Å². The van der Waals surface area contributed by atoms with Gasteiger partial charge in [-0.1, -0.05) is 0 Å². The SMILES string of the molecule is Cc1c(N)cc(C(=O)OCCN2CCN(C)CC2)cc1F. The van der Waals surface area contributed by atoms with Gasteiger partial charge in [0.1, 0.15) is 12.4 Å². The highest BCUT2D eigenvalue weighted by Crippen LogP contribution is 2.18. The third kappa shape index (κ3) is 4.15. The van der Waals surface area contributed by atoms with Crippen LogP contribution < -0.4 is 5.73 Å². The van der Waals surface area contributed by atoms with Crippen molar-refractivity contribution in [2.45, 2.75) is 6.92 Å². The number of carbonyl (C=O) groups excluding carboxylic acids is 1. The third-order valence-corrected chi connectivity index (χ3v) is 3.86. The van der Waals surface area contributed by atoms with Crippen LogP contribution in [-0.4, -0.2) is 62.1 Å². The van der Waals surface area contributed by atoms with Crippen LogP contribution in [0.2, 0.25) is 0 Å². The molecule has 1 fully saturated rings. The molecular weight excluding hydrogens is 273 g/mol. The lowest BCUT2D eigenvalue weighted by Crippen LogP contribution is -2.45.